The molecule has 0 bridgehead atoms. The number of carboxylic acid groups (broad SMARTS) is 1. The molecular formula is C24H27N5O4S. The van der Waals surface area contributed by atoms with Gasteiger partial charge < -0.3 is 14.9 Å². The van der Waals surface area contributed by atoms with Gasteiger partial charge in [0.25, 0.3) is 0 Å². The molecule has 4 rings (SSSR count). The number of sulfonamides is 1. The van der Waals surface area contributed by atoms with Crippen LogP contribution >= 0.6 is 0 Å². The number of piperazine rings is 1. The van der Waals surface area contributed by atoms with Gasteiger partial charge in [0.15, 0.2) is 0 Å². The first-order valence-corrected chi connectivity index (χ1v) is 12.3. The molecule has 178 valence electrons. The molecule has 0 saturated carbocycles. The van der Waals surface area contributed by atoms with Gasteiger partial charge in [0.1, 0.15) is 0 Å². The molecule has 2 heterocycles. The molecule has 0 unspecified atom stereocenters. The number of rotatable bonds is 7. The van der Waals surface area contributed by atoms with Crippen LogP contribution in [0.5, 0.6) is 0 Å². The second kappa shape index (κ2) is 9.88. The third-order valence-corrected chi connectivity index (χ3v) is 7.63. The molecule has 1 saturated heterocycles. The van der Waals surface area contributed by atoms with Gasteiger partial charge in [-0.15, -0.1) is 0 Å². The largest absolute Gasteiger partial charge is 0.478 e. The van der Waals surface area contributed by atoms with Crippen molar-refractivity contribution < 1.29 is 18.3 Å². The molecule has 1 fully saturated rings. The Morgan fingerprint density at radius 3 is 2.18 bits per heavy atom. The van der Waals surface area contributed by atoms with Gasteiger partial charge in [0.2, 0.25) is 16.0 Å². The van der Waals surface area contributed by atoms with Gasteiger partial charge in [-0.1, -0.05) is 36.4 Å². The number of benzene rings is 2. The molecule has 1 aliphatic heterocycles. The van der Waals surface area contributed by atoms with Crippen molar-refractivity contribution in [2.75, 3.05) is 45.2 Å². The van der Waals surface area contributed by atoms with E-state index in [1.165, 1.54) is 22.3 Å². The van der Waals surface area contributed by atoms with E-state index in [0.29, 0.717) is 32.1 Å². The third kappa shape index (κ3) is 5.09. The fourth-order valence-electron chi connectivity index (χ4n) is 3.96. The van der Waals surface area contributed by atoms with E-state index in [4.69, 9.17) is 5.11 Å². The van der Waals surface area contributed by atoms with Crippen molar-refractivity contribution >= 4 is 21.9 Å². The summed E-state index contributed by atoms with van der Waals surface area (Å²) in [6.07, 6.45) is 2.51. The van der Waals surface area contributed by atoms with E-state index in [2.05, 4.69) is 20.9 Å². The Kier molecular flexibility index (Phi) is 6.92. The van der Waals surface area contributed by atoms with Crippen molar-refractivity contribution in [1.82, 2.24) is 19.2 Å². The second-order valence-corrected chi connectivity index (χ2v) is 10.3. The molecule has 0 radical (unpaired) electrons. The molecule has 0 atom stereocenters. The molecule has 0 spiro atoms. The number of hydrogen-bond donors (Lipinski definition) is 1. The van der Waals surface area contributed by atoms with Crippen LogP contribution < -0.4 is 4.90 Å². The zero-order valence-corrected chi connectivity index (χ0v) is 19.9. The van der Waals surface area contributed by atoms with Crippen LogP contribution in [0.3, 0.4) is 0 Å². The molecule has 0 aliphatic carbocycles. The minimum atomic E-state index is -3.63. The summed E-state index contributed by atoms with van der Waals surface area (Å²) in [5.74, 6) is -0.697. The van der Waals surface area contributed by atoms with Gasteiger partial charge in [-0.05, 0) is 42.9 Å². The van der Waals surface area contributed by atoms with Gasteiger partial charge in [0, 0.05) is 45.1 Å². The Bertz CT molecular complexity index is 1250. The summed E-state index contributed by atoms with van der Waals surface area (Å²) in [6, 6.07) is 15.2. The van der Waals surface area contributed by atoms with Gasteiger partial charge >= 0.3 is 5.97 Å². The number of anilines is 1. The Morgan fingerprint density at radius 1 is 0.971 bits per heavy atom. The zero-order valence-electron chi connectivity index (χ0n) is 19.1. The number of carbonyl (C=O) groups is 1. The SMILES string of the molecule is CN(C)Cc1ccccc1-c1ccc(S(=O)(=O)N2CCN(c3ncc(C(=O)O)cn3)CC2)cc1. The van der Waals surface area contributed by atoms with E-state index in [0.717, 1.165) is 17.7 Å². The zero-order chi connectivity index (χ0) is 24.3. The smallest absolute Gasteiger partial charge is 0.338 e. The normalized spacial score (nSPS) is 15.0. The minimum Gasteiger partial charge on any atom is -0.478 e. The molecular weight excluding hydrogens is 454 g/mol. The summed E-state index contributed by atoms with van der Waals surface area (Å²) in [5, 5.41) is 8.98. The van der Waals surface area contributed by atoms with Gasteiger partial charge in [-0.25, -0.2) is 23.2 Å². The average Bonchev–Trinajstić information content (AvgIpc) is 2.84. The summed E-state index contributed by atoms with van der Waals surface area (Å²) in [5.41, 5.74) is 3.25. The summed E-state index contributed by atoms with van der Waals surface area (Å²) >= 11 is 0. The molecule has 1 aromatic heterocycles. The monoisotopic (exact) mass is 481 g/mol. The van der Waals surface area contributed by atoms with Gasteiger partial charge in [-0.3, -0.25) is 0 Å². The molecule has 1 aliphatic rings. The van der Waals surface area contributed by atoms with Crippen molar-refractivity contribution in [2.24, 2.45) is 0 Å². The number of aromatic nitrogens is 2. The van der Waals surface area contributed by atoms with Crippen LogP contribution in [0.25, 0.3) is 11.1 Å². The first kappa shape index (κ1) is 23.8. The van der Waals surface area contributed by atoms with Crippen molar-refractivity contribution in [3.8, 4) is 11.1 Å². The van der Waals surface area contributed by atoms with Gasteiger partial charge in [-0.2, -0.15) is 4.31 Å². The lowest BCUT2D eigenvalue weighted by molar-refractivity contribution is 0.0696. The maximum atomic E-state index is 13.2. The summed E-state index contributed by atoms with van der Waals surface area (Å²) < 4.78 is 27.9. The minimum absolute atomic E-state index is 0.0118. The predicted octanol–water partition coefficient (Wildman–Crippen LogP) is 2.41. The van der Waals surface area contributed by atoms with E-state index in [1.807, 2.05) is 49.3 Å². The molecule has 0 amide bonds. The Hall–Kier alpha value is -3.34. The quantitative estimate of drug-likeness (QED) is 0.548. The second-order valence-electron chi connectivity index (χ2n) is 8.39. The van der Waals surface area contributed by atoms with Crippen LogP contribution in [0.4, 0.5) is 5.95 Å². The van der Waals surface area contributed by atoms with E-state index < -0.39 is 16.0 Å². The molecule has 2 aromatic carbocycles. The Labute approximate surface area is 199 Å². The van der Waals surface area contributed by atoms with Crippen LogP contribution in [-0.2, 0) is 16.6 Å². The predicted molar refractivity (Wildman–Crippen MR) is 129 cm³/mol. The first-order chi connectivity index (χ1) is 16.3. The fourth-order valence-corrected chi connectivity index (χ4v) is 5.38. The number of hydrogen-bond acceptors (Lipinski definition) is 7. The van der Waals surface area contributed by atoms with Crippen LogP contribution in [0.1, 0.15) is 15.9 Å². The lowest BCUT2D eigenvalue weighted by atomic mass is 9.99. The van der Waals surface area contributed by atoms with Crippen LogP contribution in [0.2, 0.25) is 0 Å². The highest BCUT2D eigenvalue weighted by Gasteiger charge is 2.29. The maximum Gasteiger partial charge on any atom is 0.338 e. The first-order valence-electron chi connectivity index (χ1n) is 10.9. The molecule has 9 nitrogen and oxygen atoms in total. The summed E-state index contributed by atoms with van der Waals surface area (Å²) in [7, 11) is 0.401. The third-order valence-electron chi connectivity index (χ3n) is 5.71. The highest BCUT2D eigenvalue weighted by molar-refractivity contribution is 7.89. The Morgan fingerprint density at radius 2 is 1.59 bits per heavy atom. The topological polar surface area (TPSA) is 107 Å². The number of aromatic carboxylic acids is 1. The van der Waals surface area contributed by atoms with Crippen LogP contribution in [0, 0.1) is 0 Å². The average molecular weight is 482 g/mol. The standard InChI is InChI=1S/C24H27N5O4S/c1-27(2)17-19-5-3-4-6-22(19)18-7-9-21(10-8-18)34(32,33)29-13-11-28(12-14-29)24-25-15-20(16-26-24)23(30)31/h3-10,15-16H,11-14,17H2,1-2H3,(H,30,31). The van der Waals surface area contributed by atoms with Crippen molar-refractivity contribution in [2.45, 2.75) is 11.4 Å². The maximum absolute atomic E-state index is 13.2. The highest BCUT2D eigenvalue weighted by Crippen LogP contribution is 2.27. The van der Waals surface area contributed by atoms with E-state index in [-0.39, 0.29) is 10.5 Å². The summed E-state index contributed by atoms with van der Waals surface area (Å²) in [6.45, 7) is 2.21. The molecule has 1 N–H and O–H groups in total. The lowest BCUT2D eigenvalue weighted by Gasteiger charge is -2.34. The number of carboxylic acids is 1. The molecule has 34 heavy (non-hydrogen) atoms. The van der Waals surface area contributed by atoms with E-state index in [9.17, 15) is 13.2 Å². The lowest BCUT2D eigenvalue weighted by Crippen LogP contribution is -2.49. The van der Waals surface area contributed by atoms with Crippen LogP contribution in [-0.4, -0.2) is 78.9 Å². The Balaban J connectivity index is 1.46. The van der Waals surface area contributed by atoms with Crippen molar-refractivity contribution in [3.63, 3.8) is 0 Å². The molecule has 10 heteroatoms. The number of nitrogens with zero attached hydrogens (tertiary/aromatic N) is 5. The van der Waals surface area contributed by atoms with Crippen molar-refractivity contribution in [1.29, 1.82) is 0 Å². The van der Waals surface area contributed by atoms with E-state index in [1.54, 1.807) is 12.1 Å². The summed E-state index contributed by atoms with van der Waals surface area (Å²) in [4.78, 5) is 23.4. The van der Waals surface area contributed by atoms with Crippen LogP contribution in [0.15, 0.2) is 65.8 Å². The fraction of sp³-hybridized carbons (Fsp3) is 0.292. The van der Waals surface area contributed by atoms with Gasteiger partial charge in [0.05, 0.1) is 10.5 Å². The highest BCUT2D eigenvalue weighted by atomic mass is 32.2. The molecule has 3 aromatic rings. The van der Waals surface area contributed by atoms with E-state index >= 15 is 0 Å². The van der Waals surface area contributed by atoms with Crippen molar-refractivity contribution in [3.05, 3.63) is 72.1 Å².